The summed E-state index contributed by atoms with van der Waals surface area (Å²) < 4.78 is 0. The zero-order valence-electron chi connectivity index (χ0n) is 9.92. The Balaban J connectivity index is 3.05. The first kappa shape index (κ1) is 12.7. The number of barbiturate groups is 1. The minimum absolute atomic E-state index is 0.0735. The first-order valence-corrected chi connectivity index (χ1v) is 5.65. The van der Waals surface area contributed by atoms with E-state index in [9.17, 15) is 14.4 Å². The zero-order valence-corrected chi connectivity index (χ0v) is 9.92. The molecule has 1 heterocycles. The highest BCUT2D eigenvalue weighted by Crippen LogP contribution is 2.36. The Bertz CT molecular complexity index is 305. The molecule has 0 aromatic heterocycles. The predicted octanol–water partition coefficient (Wildman–Crippen LogP) is 1.18. The summed E-state index contributed by atoms with van der Waals surface area (Å²) in [4.78, 5) is 34.8. The minimum Gasteiger partial charge on any atom is -0.277 e. The van der Waals surface area contributed by atoms with Crippen LogP contribution >= 0.6 is 0 Å². The average Bonchev–Trinajstić information content (AvgIpc) is 2.18. The summed E-state index contributed by atoms with van der Waals surface area (Å²) in [5.74, 6) is -1.01. The monoisotopic (exact) mass is 225 g/mol. The van der Waals surface area contributed by atoms with Crippen LogP contribution in [-0.2, 0) is 9.59 Å². The van der Waals surface area contributed by atoms with Gasteiger partial charge in [-0.25, -0.2) is 4.79 Å². The van der Waals surface area contributed by atoms with Crippen LogP contribution in [0.3, 0.4) is 0 Å². The second-order valence-electron chi connectivity index (χ2n) is 4.25. The van der Waals surface area contributed by atoms with Crippen molar-refractivity contribution in [3.05, 3.63) is 0 Å². The summed E-state index contributed by atoms with van der Waals surface area (Å²) in [6.07, 6.45) is 2.08. The van der Waals surface area contributed by atoms with Gasteiger partial charge >= 0.3 is 6.03 Å². The van der Waals surface area contributed by atoms with E-state index in [4.69, 9.17) is 0 Å². The summed E-state index contributed by atoms with van der Waals surface area (Å²) in [7, 11) is 0. The van der Waals surface area contributed by atoms with Crippen molar-refractivity contribution in [3.8, 4) is 0 Å². The molecule has 1 fully saturated rings. The molecule has 1 rings (SSSR count). The molecule has 2 N–H and O–H groups in total. The van der Waals surface area contributed by atoms with Crippen molar-refractivity contribution < 1.29 is 14.4 Å². The Hall–Kier alpha value is -1.39. The smallest absolute Gasteiger partial charge is 0.277 e. The third-order valence-electron chi connectivity index (χ3n) is 3.39. The van der Waals surface area contributed by atoms with E-state index in [1.54, 1.807) is 6.92 Å². The van der Waals surface area contributed by atoms with Crippen molar-refractivity contribution in [1.82, 2.24) is 10.6 Å². The number of carbonyl (C=O) groups excluding carboxylic acids is 3. The Morgan fingerprint density at radius 1 is 1.12 bits per heavy atom. The molecule has 0 aromatic carbocycles. The van der Waals surface area contributed by atoms with Gasteiger partial charge in [0.1, 0.15) is 5.41 Å². The first-order chi connectivity index (χ1) is 7.48. The van der Waals surface area contributed by atoms with Crippen molar-refractivity contribution in [2.45, 2.75) is 40.0 Å². The lowest BCUT2D eigenvalue weighted by Gasteiger charge is -2.37. The van der Waals surface area contributed by atoms with Crippen LogP contribution in [0.15, 0.2) is 0 Å². The number of amides is 4. The van der Waals surface area contributed by atoms with Crippen molar-refractivity contribution in [2.24, 2.45) is 11.3 Å². The molecule has 1 saturated heterocycles. The quantitative estimate of drug-likeness (QED) is 0.705. The van der Waals surface area contributed by atoms with Gasteiger partial charge in [-0.15, -0.1) is 0 Å². The molecule has 1 atom stereocenters. The van der Waals surface area contributed by atoms with Crippen LogP contribution in [0.5, 0.6) is 0 Å². The number of nitrogens with one attached hydrogen (secondary N) is 2. The highest BCUT2D eigenvalue weighted by molar-refractivity contribution is 6.19. The highest BCUT2D eigenvalue weighted by atomic mass is 16.2. The second-order valence-corrected chi connectivity index (χ2v) is 4.25. The van der Waals surface area contributed by atoms with E-state index in [0.29, 0.717) is 6.42 Å². The third kappa shape index (κ3) is 1.81. The van der Waals surface area contributed by atoms with Gasteiger partial charge in [-0.3, -0.25) is 20.2 Å². The molecular weight excluding hydrogens is 207 g/mol. The van der Waals surface area contributed by atoms with Crippen LogP contribution in [0.1, 0.15) is 40.0 Å². The number of urea groups is 1. The van der Waals surface area contributed by atoms with Crippen LogP contribution in [0.25, 0.3) is 0 Å². The summed E-state index contributed by atoms with van der Waals surface area (Å²) in [6.45, 7) is 5.67. The SMILES string of the molecule is CCCC(C)C1([11CH2]C)C(=O)NC(=O)NC1=O. The molecule has 1 unspecified atom stereocenters. The Morgan fingerprint density at radius 3 is 2.00 bits per heavy atom. The van der Waals surface area contributed by atoms with E-state index in [1.165, 1.54) is 0 Å². The Kier molecular flexibility index (Phi) is 3.67. The maximum atomic E-state index is 11.9. The van der Waals surface area contributed by atoms with Gasteiger partial charge in [-0.1, -0.05) is 27.2 Å². The largest absolute Gasteiger partial charge is 0.328 e. The van der Waals surface area contributed by atoms with E-state index in [0.717, 1.165) is 12.8 Å². The van der Waals surface area contributed by atoms with Crippen LogP contribution in [-0.4, -0.2) is 17.8 Å². The number of rotatable bonds is 4. The van der Waals surface area contributed by atoms with E-state index in [-0.39, 0.29) is 5.92 Å². The van der Waals surface area contributed by atoms with E-state index < -0.39 is 23.3 Å². The van der Waals surface area contributed by atoms with Crippen LogP contribution in [0.2, 0.25) is 0 Å². The lowest BCUT2D eigenvalue weighted by atomic mass is 9.52. The number of imide groups is 2. The fourth-order valence-electron chi connectivity index (χ4n) is 2.36. The Morgan fingerprint density at radius 2 is 1.62 bits per heavy atom. The molecule has 1 aliphatic heterocycles. The van der Waals surface area contributed by atoms with E-state index in [2.05, 4.69) is 10.6 Å². The minimum atomic E-state index is -1.09. The predicted molar refractivity (Wildman–Crippen MR) is 58.5 cm³/mol. The summed E-state index contributed by atoms with van der Waals surface area (Å²) in [5.41, 5.74) is -1.09. The van der Waals surface area contributed by atoms with Crippen molar-refractivity contribution in [3.63, 3.8) is 0 Å². The van der Waals surface area contributed by atoms with E-state index in [1.807, 2.05) is 13.8 Å². The topological polar surface area (TPSA) is 75.3 Å². The molecule has 5 heteroatoms. The van der Waals surface area contributed by atoms with Crippen molar-refractivity contribution in [2.75, 3.05) is 0 Å². The summed E-state index contributed by atoms with van der Waals surface area (Å²) >= 11 is 0. The molecule has 0 aromatic rings. The maximum absolute atomic E-state index is 11.9. The first-order valence-electron chi connectivity index (χ1n) is 5.65. The molecule has 0 spiro atoms. The van der Waals surface area contributed by atoms with Crippen molar-refractivity contribution in [1.29, 1.82) is 0 Å². The molecule has 0 aliphatic carbocycles. The van der Waals surface area contributed by atoms with Gasteiger partial charge in [-0.2, -0.15) is 0 Å². The van der Waals surface area contributed by atoms with Gasteiger partial charge in [0, 0.05) is 0 Å². The standard InChI is InChI=1S/C11H18N2O3/c1-4-6-7(3)11(5-2)8(14)12-10(16)13-9(11)15/h7H,4-6H2,1-3H3,(H2,12,13,14,15,16)/i5-1. The van der Waals surface area contributed by atoms with Crippen molar-refractivity contribution >= 4 is 17.8 Å². The van der Waals surface area contributed by atoms with Gasteiger partial charge in [-0.05, 0) is 18.8 Å². The lowest BCUT2D eigenvalue weighted by Crippen LogP contribution is -2.64. The zero-order chi connectivity index (χ0) is 12.3. The molecule has 0 bridgehead atoms. The molecular formula is C11H18N2O3. The fraction of sp³-hybridized carbons (Fsp3) is 0.727. The molecule has 1 aliphatic rings. The summed E-state index contributed by atoms with van der Waals surface area (Å²) in [5, 5.41) is 4.36. The number of hydrogen-bond acceptors (Lipinski definition) is 3. The van der Waals surface area contributed by atoms with Crippen LogP contribution < -0.4 is 10.6 Å². The number of hydrogen-bond donors (Lipinski definition) is 2. The van der Waals surface area contributed by atoms with Gasteiger partial charge in [0.25, 0.3) is 0 Å². The van der Waals surface area contributed by atoms with E-state index >= 15 is 0 Å². The molecule has 0 saturated carbocycles. The van der Waals surface area contributed by atoms with Crippen LogP contribution in [0.4, 0.5) is 4.79 Å². The maximum Gasteiger partial charge on any atom is 0.328 e. The molecule has 5 nitrogen and oxygen atoms in total. The summed E-state index contributed by atoms with van der Waals surface area (Å²) in [6, 6.07) is -0.720. The highest BCUT2D eigenvalue weighted by Gasteiger charge is 2.52. The molecule has 0 radical (unpaired) electrons. The van der Waals surface area contributed by atoms with Gasteiger partial charge in [0.15, 0.2) is 0 Å². The lowest BCUT2D eigenvalue weighted by molar-refractivity contribution is -0.148. The molecule has 4 amide bonds. The Labute approximate surface area is 95.0 Å². The molecule has 16 heavy (non-hydrogen) atoms. The normalized spacial score (nSPS) is 21.3. The van der Waals surface area contributed by atoms with Gasteiger partial charge < -0.3 is 0 Å². The van der Waals surface area contributed by atoms with Gasteiger partial charge in [0.05, 0.1) is 0 Å². The third-order valence-corrected chi connectivity index (χ3v) is 3.39. The molecule has 90 valence electrons. The van der Waals surface area contributed by atoms with Crippen LogP contribution in [0, 0.1) is 11.3 Å². The van der Waals surface area contributed by atoms with Gasteiger partial charge in [0.2, 0.25) is 11.8 Å². The number of carbonyl (C=O) groups is 3. The second kappa shape index (κ2) is 4.63. The fourth-order valence-corrected chi connectivity index (χ4v) is 2.36. The average molecular weight is 225 g/mol.